The van der Waals surface area contributed by atoms with E-state index < -0.39 is 0 Å². The zero-order valence-electron chi connectivity index (χ0n) is 6.20. The van der Waals surface area contributed by atoms with E-state index in [2.05, 4.69) is 4.99 Å². The Morgan fingerprint density at radius 3 is 2.36 bits per heavy atom. The van der Waals surface area contributed by atoms with Gasteiger partial charge in [0.2, 0.25) is 0 Å². The molecule has 0 saturated carbocycles. The Balaban J connectivity index is 2.59. The van der Waals surface area contributed by atoms with Gasteiger partial charge in [-0.3, -0.25) is 0 Å². The fraction of sp³-hybridized carbons (Fsp3) is 0.125. The molecule has 3 heteroatoms. The molecule has 3 nitrogen and oxygen atoms in total. The van der Waals surface area contributed by atoms with E-state index in [1.54, 1.807) is 0 Å². The van der Waals surface area contributed by atoms with E-state index in [-0.39, 0.29) is 5.96 Å². The monoisotopic (exact) mass is 148 g/mol. The molecule has 0 bridgehead atoms. The molecule has 11 heavy (non-hydrogen) atoms. The molecule has 0 heterocycles. The second-order valence-corrected chi connectivity index (χ2v) is 2.23. The minimum absolute atomic E-state index is 0.133. The number of nitrogens with two attached hydrogens (primary N) is 2. The Bertz CT molecular complexity index is 237. The molecular weight excluding hydrogens is 137 g/mol. The van der Waals surface area contributed by atoms with Gasteiger partial charge in [0.05, 0.1) is 6.54 Å². The van der Waals surface area contributed by atoms with E-state index in [1.165, 1.54) is 0 Å². The number of rotatable bonds is 2. The molecule has 0 radical (unpaired) electrons. The van der Waals surface area contributed by atoms with Crippen molar-refractivity contribution in [1.29, 1.82) is 0 Å². The molecule has 0 aliphatic carbocycles. The quantitative estimate of drug-likeness (QED) is 0.472. The van der Waals surface area contributed by atoms with Crippen LogP contribution in [0.4, 0.5) is 0 Å². The highest BCUT2D eigenvalue weighted by atomic mass is 14.8. The highest BCUT2D eigenvalue weighted by Gasteiger charge is 1.86. The summed E-state index contributed by atoms with van der Waals surface area (Å²) in [7, 11) is 0. The summed E-state index contributed by atoms with van der Waals surface area (Å²) in [6.07, 6.45) is 0. The maximum absolute atomic E-state index is 5.17. The normalized spacial score (nSPS) is 9.09. The fourth-order valence-electron chi connectivity index (χ4n) is 0.766. The van der Waals surface area contributed by atoms with E-state index in [0.29, 0.717) is 6.54 Å². The Morgan fingerprint density at radius 2 is 1.82 bits per heavy atom. The molecule has 0 spiro atoms. The second kappa shape index (κ2) is 3.61. The van der Waals surface area contributed by atoms with Crippen LogP contribution in [0, 0.1) is 0 Å². The SMILES string of the molecule is N[11C](N)=NCc1ccccc1. The van der Waals surface area contributed by atoms with Crippen LogP contribution in [0.3, 0.4) is 0 Å². The zero-order chi connectivity index (χ0) is 8.10. The van der Waals surface area contributed by atoms with Crippen LogP contribution in [-0.4, -0.2) is 5.96 Å². The third-order valence-corrected chi connectivity index (χ3v) is 1.29. The van der Waals surface area contributed by atoms with E-state index >= 15 is 0 Å². The van der Waals surface area contributed by atoms with Gasteiger partial charge in [-0.05, 0) is 5.56 Å². The molecule has 0 aromatic heterocycles. The zero-order valence-corrected chi connectivity index (χ0v) is 6.20. The van der Waals surface area contributed by atoms with Gasteiger partial charge in [0, 0.05) is 0 Å². The first-order valence-electron chi connectivity index (χ1n) is 3.38. The van der Waals surface area contributed by atoms with Crippen LogP contribution in [0.15, 0.2) is 35.3 Å². The Hall–Kier alpha value is -1.51. The number of guanidine groups is 1. The molecule has 0 unspecified atom stereocenters. The number of hydrogen-bond acceptors (Lipinski definition) is 1. The van der Waals surface area contributed by atoms with Crippen LogP contribution in [0.1, 0.15) is 5.56 Å². The maximum Gasteiger partial charge on any atom is 0.186 e. The van der Waals surface area contributed by atoms with Crippen molar-refractivity contribution < 1.29 is 0 Å². The molecule has 0 aliphatic heterocycles. The van der Waals surface area contributed by atoms with Gasteiger partial charge < -0.3 is 11.5 Å². The minimum Gasteiger partial charge on any atom is -0.370 e. The van der Waals surface area contributed by atoms with E-state index in [0.717, 1.165) is 5.56 Å². The summed E-state index contributed by atoms with van der Waals surface area (Å²) in [5.41, 5.74) is 11.4. The number of benzene rings is 1. The van der Waals surface area contributed by atoms with E-state index in [9.17, 15) is 0 Å². The summed E-state index contributed by atoms with van der Waals surface area (Å²) in [5, 5.41) is 0. The van der Waals surface area contributed by atoms with Gasteiger partial charge in [-0.15, -0.1) is 0 Å². The van der Waals surface area contributed by atoms with Crippen LogP contribution in [0.2, 0.25) is 0 Å². The largest absolute Gasteiger partial charge is 0.370 e. The molecule has 0 saturated heterocycles. The lowest BCUT2D eigenvalue weighted by Crippen LogP contribution is -2.22. The number of nitrogens with zero attached hydrogens (tertiary/aromatic N) is 1. The Labute approximate surface area is 65.7 Å². The molecule has 58 valence electrons. The third-order valence-electron chi connectivity index (χ3n) is 1.29. The summed E-state index contributed by atoms with van der Waals surface area (Å²) in [6, 6.07) is 9.83. The minimum atomic E-state index is 0.133. The average Bonchev–Trinajstić information content (AvgIpc) is 2.03. The lowest BCUT2D eigenvalue weighted by molar-refractivity contribution is 1.05. The lowest BCUT2D eigenvalue weighted by atomic mass is 10.2. The lowest BCUT2D eigenvalue weighted by Gasteiger charge is -1.94. The average molecular weight is 148 g/mol. The molecule has 0 fully saturated rings. The van der Waals surface area contributed by atoms with Crippen molar-refractivity contribution in [3.8, 4) is 0 Å². The van der Waals surface area contributed by atoms with Crippen molar-refractivity contribution in [3.05, 3.63) is 35.9 Å². The maximum atomic E-state index is 5.17. The predicted molar refractivity (Wildman–Crippen MR) is 46.0 cm³/mol. The first-order chi connectivity index (χ1) is 5.29. The first kappa shape index (κ1) is 7.60. The Kier molecular flexibility index (Phi) is 2.49. The molecule has 0 amide bonds. The van der Waals surface area contributed by atoms with E-state index in [4.69, 9.17) is 11.5 Å². The van der Waals surface area contributed by atoms with Gasteiger partial charge in [-0.2, -0.15) is 0 Å². The topological polar surface area (TPSA) is 64.4 Å². The summed E-state index contributed by atoms with van der Waals surface area (Å²) in [6.45, 7) is 0.559. The van der Waals surface area contributed by atoms with Crippen molar-refractivity contribution >= 4 is 5.96 Å². The van der Waals surface area contributed by atoms with E-state index in [1.807, 2.05) is 30.3 Å². The van der Waals surface area contributed by atoms with Crippen molar-refractivity contribution in [1.82, 2.24) is 0 Å². The third kappa shape index (κ3) is 2.71. The molecule has 0 atom stereocenters. The predicted octanol–water partition coefficient (Wildman–Crippen LogP) is 0.460. The fourth-order valence-corrected chi connectivity index (χ4v) is 0.766. The Morgan fingerprint density at radius 1 is 1.18 bits per heavy atom. The second-order valence-electron chi connectivity index (χ2n) is 2.23. The smallest absolute Gasteiger partial charge is 0.186 e. The highest BCUT2D eigenvalue weighted by molar-refractivity contribution is 5.75. The molecule has 1 rings (SSSR count). The van der Waals surface area contributed by atoms with Gasteiger partial charge in [0.15, 0.2) is 5.96 Å². The van der Waals surface area contributed by atoms with Crippen LogP contribution in [0.5, 0.6) is 0 Å². The van der Waals surface area contributed by atoms with Crippen molar-refractivity contribution in [2.75, 3.05) is 0 Å². The van der Waals surface area contributed by atoms with Crippen LogP contribution in [-0.2, 0) is 6.54 Å². The van der Waals surface area contributed by atoms with Gasteiger partial charge in [-0.25, -0.2) is 4.99 Å². The number of aliphatic imine (C=N–C) groups is 1. The first-order valence-corrected chi connectivity index (χ1v) is 3.38. The van der Waals surface area contributed by atoms with Crippen LogP contribution in [0.25, 0.3) is 0 Å². The summed E-state index contributed by atoms with van der Waals surface area (Å²) < 4.78 is 0. The summed E-state index contributed by atoms with van der Waals surface area (Å²) in [4.78, 5) is 3.87. The van der Waals surface area contributed by atoms with Gasteiger partial charge in [-0.1, -0.05) is 30.3 Å². The summed E-state index contributed by atoms with van der Waals surface area (Å²) >= 11 is 0. The van der Waals surface area contributed by atoms with Crippen LogP contribution < -0.4 is 11.5 Å². The number of hydrogen-bond donors (Lipinski definition) is 2. The molecule has 1 aromatic carbocycles. The standard InChI is InChI=1S/C8H11N3/c9-8(10)11-6-7-4-2-1-3-5-7/h1-5H,6H2,(H4,9,10,11)/i8-1. The summed E-state index contributed by atoms with van der Waals surface area (Å²) in [5.74, 6) is 0.133. The molecule has 0 aliphatic rings. The highest BCUT2D eigenvalue weighted by Crippen LogP contribution is 1.98. The molecule has 4 N–H and O–H groups in total. The van der Waals surface area contributed by atoms with Gasteiger partial charge in [0.1, 0.15) is 0 Å². The van der Waals surface area contributed by atoms with Crippen molar-refractivity contribution in [2.24, 2.45) is 16.5 Å². The van der Waals surface area contributed by atoms with Crippen molar-refractivity contribution in [2.45, 2.75) is 6.54 Å². The van der Waals surface area contributed by atoms with Gasteiger partial charge in [0.25, 0.3) is 0 Å². The molecular formula is C8H11N3. The molecule has 1 aromatic rings. The van der Waals surface area contributed by atoms with Crippen molar-refractivity contribution in [3.63, 3.8) is 0 Å². The van der Waals surface area contributed by atoms with Crippen LogP contribution >= 0.6 is 0 Å². The van der Waals surface area contributed by atoms with Gasteiger partial charge >= 0.3 is 0 Å².